The van der Waals surface area contributed by atoms with E-state index in [-0.39, 0.29) is 5.91 Å². The van der Waals surface area contributed by atoms with Gasteiger partial charge in [-0.2, -0.15) is 0 Å². The minimum absolute atomic E-state index is 0.139. The molecule has 0 spiro atoms. The lowest BCUT2D eigenvalue weighted by molar-refractivity contribution is 0.101. The van der Waals surface area contributed by atoms with Gasteiger partial charge < -0.3 is 9.88 Å². The van der Waals surface area contributed by atoms with E-state index in [2.05, 4.69) is 10.3 Å². The molecule has 1 amide bonds. The van der Waals surface area contributed by atoms with E-state index in [1.54, 1.807) is 23.6 Å². The van der Waals surface area contributed by atoms with E-state index in [1.807, 2.05) is 41.3 Å². The Hall–Kier alpha value is -2.14. The predicted molar refractivity (Wildman–Crippen MR) is 73.0 cm³/mol. The van der Waals surface area contributed by atoms with E-state index in [4.69, 9.17) is 0 Å². The van der Waals surface area contributed by atoms with Crippen LogP contribution in [0.2, 0.25) is 0 Å². The van der Waals surface area contributed by atoms with Crippen LogP contribution in [0.4, 0.5) is 5.82 Å². The highest BCUT2D eigenvalue weighted by Crippen LogP contribution is 2.24. The highest BCUT2D eigenvalue weighted by molar-refractivity contribution is 7.17. The molecule has 0 radical (unpaired) electrons. The number of nitrogens with zero attached hydrogens (tertiary/aromatic N) is 2. The molecule has 3 aromatic rings. The summed E-state index contributed by atoms with van der Waals surface area (Å²) in [5.41, 5.74) is 1.72. The molecule has 18 heavy (non-hydrogen) atoms. The standard InChI is InChI=1S/C13H11N3OS/c1-16-9-5-7-18-11(9)8-10(16)13(17)15-12-4-2-3-6-14-12/h2-8H,1H3,(H,14,15,17). The summed E-state index contributed by atoms with van der Waals surface area (Å²) in [7, 11) is 1.89. The number of fused-ring (bicyclic) bond motifs is 1. The van der Waals surface area contributed by atoms with Gasteiger partial charge in [0.05, 0.1) is 10.2 Å². The molecule has 5 heteroatoms. The van der Waals surface area contributed by atoms with Gasteiger partial charge in [-0.1, -0.05) is 6.07 Å². The van der Waals surface area contributed by atoms with E-state index < -0.39 is 0 Å². The first-order valence-corrected chi connectivity index (χ1v) is 6.39. The van der Waals surface area contributed by atoms with Crippen molar-refractivity contribution in [3.05, 3.63) is 47.6 Å². The maximum Gasteiger partial charge on any atom is 0.273 e. The van der Waals surface area contributed by atoms with Gasteiger partial charge in [0.2, 0.25) is 0 Å². The maximum absolute atomic E-state index is 12.1. The molecular formula is C13H11N3OS. The predicted octanol–water partition coefficient (Wildman–Crippen LogP) is 2.89. The molecule has 0 unspecified atom stereocenters. The van der Waals surface area contributed by atoms with Gasteiger partial charge in [0.25, 0.3) is 5.91 Å². The number of nitrogens with one attached hydrogen (secondary N) is 1. The molecule has 0 aliphatic rings. The molecule has 0 aromatic carbocycles. The maximum atomic E-state index is 12.1. The number of aromatic nitrogens is 2. The molecule has 0 aliphatic carbocycles. The van der Waals surface area contributed by atoms with E-state index in [0.717, 1.165) is 10.2 Å². The number of carbonyl (C=O) groups is 1. The van der Waals surface area contributed by atoms with Crippen LogP contribution in [0.15, 0.2) is 41.9 Å². The number of rotatable bonds is 2. The molecule has 0 bridgehead atoms. The number of hydrogen-bond donors (Lipinski definition) is 1. The topological polar surface area (TPSA) is 46.9 Å². The zero-order valence-corrected chi connectivity index (χ0v) is 10.6. The molecule has 90 valence electrons. The summed E-state index contributed by atoms with van der Waals surface area (Å²) in [6, 6.07) is 9.33. The highest BCUT2D eigenvalue weighted by atomic mass is 32.1. The van der Waals surface area contributed by atoms with Crippen molar-refractivity contribution in [3.8, 4) is 0 Å². The van der Waals surface area contributed by atoms with E-state index >= 15 is 0 Å². The Morgan fingerprint density at radius 2 is 2.28 bits per heavy atom. The van der Waals surface area contributed by atoms with Crippen LogP contribution in [-0.2, 0) is 7.05 Å². The fourth-order valence-electron chi connectivity index (χ4n) is 1.89. The van der Waals surface area contributed by atoms with Gasteiger partial charge in [-0.05, 0) is 29.6 Å². The summed E-state index contributed by atoms with van der Waals surface area (Å²) >= 11 is 1.63. The third-order valence-corrected chi connectivity index (χ3v) is 3.66. The Morgan fingerprint density at radius 3 is 3.00 bits per heavy atom. The van der Waals surface area contributed by atoms with E-state index in [0.29, 0.717) is 11.5 Å². The number of hydrogen-bond acceptors (Lipinski definition) is 3. The lowest BCUT2D eigenvalue weighted by Gasteiger charge is -2.05. The summed E-state index contributed by atoms with van der Waals surface area (Å²) < 4.78 is 3.01. The fourth-order valence-corrected chi connectivity index (χ4v) is 2.73. The Morgan fingerprint density at radius 1 is 1.39 bits per heavy atom. The number of amides is 1. The van der Waals surface area contributed by atoms with Gasteiger partial charge in [0.1, 0.15) is 11.5 Å². The zero-order valence-electron chi connectivity index (χ0n) is 9.75. The summed E-state index contributed by atoms with van der Waals surface area (Å²) in [6.45, 7) is 0. The van der Waals surface area contributed by atoms with Crippen molar-refractivity contribution >= 4 is 33.3 Å². The second kappa shape index (κ2) is 4.27. The van der Waals surface area contributed by atoms with Crippen molar-refractivity contribution in [2.45, 2.75) is 0 Å². The van der Waals surface area contributed by atoms with Crippen LogP contribution in [0.5, 0.6) is 0 Å². The monoisotopic (exact) mass is 257 g/mol. The number of pyridine rings is 1. The molecule has 0 atom stereocenters. The van der Waals surface area contributed by atoms with Crippen molar-refractivity contribution in [2.24, 2.45) is 7.05 Å². The summed E-state index contributed by atoms with van der Waals surface area (Å²) in [5, 5.41) is 4.80. The number of thiophene rings is 1. The third-order valence-electron chi connectivity index (χ3n) is 2.80. The fraction of sp³-hybridized carbons (Fsp3) is 0.0769. The lowest BCUT2D eigenvalue weighted by atomic mass is 10.4. The quantitative estimate of drug-likeness (QED) is 0.767. The number of aryl methyl sites for hydroxylation is 1. The summed E-state index contributed by atoms with van der Waals surface area (Å²) in [5.74, 6) is 0.423. The van der Waals surface area contributed by atoms with Gasteiger partial charge in [-0.25, -0.2) is 4.98 Å². The van der Waals surface area contributed by atoms with Crippen LogP contribution < -0.4 is 5.32 Å². The first kappa shape index (κ1) is 11.0. The molecule has 3 rings (SSSR count). The third kappa shape index (κ3) is 1.78. The molecule has 4 nitrogen and oxygen atoms in total. The first-order valence-electron chi connectivity index (χ1n) is 5.51. The molecule has 0 aliphatic heterocycles. The molecular weight excluding hydrogens is 246 g/mol. The average molecular weight is 257 g/mol. The number of carbonyl (C=O) groups excluding carboxylic acids is 1. The molecule has 0 saturated heterocycles. The van der Waals surface area contributed by atoms with Crippen molar-refractivity contribution < 1.29 is 4.79 Å². The smallest absolute Gasteiger partial charge is 0.273 e. The number of anilines is 1. The normalized spacial score (nSPS) is 10.7. The van der Waals surface area contributed by atoms with Gasteiger partial charge in [0.15, 0.2) is 0 Å². The van der Waals surface area contributed by atoms with Gasteiger partial charge in [-0.3, -0.25) is 4.79 Å². The van der Waals surface area contributed by atoms with Crippen LogP contribution in [-0.4, -0.2) is 15.5 Å². The van der Waals surface area contributed by atoms with Gasteiger partial charge in [-0.15, -0.1) is 11.3 Å². The van der Waals surface area contributed by atoms with Crippen molar-refractivity contribution in [2.75, 3.05) is 5.32 Å². The summed E-state index contributed by atoms with van der Waals surface area (Å²) in [6.07, 6.45) is 1.65. The van der Waals surface area contributed by atoms with Crippen molar-refractivity contribution in [1.82, 2.24) is 9.55 Å². The van der Waals surface area contributed by atoms with Gasteiger partial charge in [0, 0.05) is 13.2 Å². The van der Waals surface area contributed by atoms with Crippen LogP contribution >= 0.6 is 11.3 Å². The molecule has 1 N–H and O–H groups in total. The second-order valence-corrected chi connectivity index (χ2v) is 4.88. The Labute approximate surface area is 108 Å². The summed E-state index contributed by atoms with van der Waals surface area (Å²) in [4.78, 5) is 16.2. The van der Waals surface area contributed by atoms with Crippen molar-refractivity contribution in [3.63, 3.8) is 0 Å². The Bertz CT molecular complexity index is 699. The van der Waals surface area contributed by atoms with Gasteiger partial charge >= 0.3 is 0 Å². The highest BCUT2D eigenvalue weighted by Gasteiger charge is 2.14. The van der Waals surface area contributed by atoms with Crippen molar-refractivity contribution in [1.29, 1.82) is 0 Å². The molecule has 0 saturated carbocycles. The largest absolute Gasteiger partial charge is 0.339 e. The zero-order chi connectivity index (χ0) is 12.5. The minimum Gasteiger partial charge on any atom is -0.339 e. The first-order chi connectivity index (χ1) is 8.75. The van der Waals surface area contributed by atoms with Crippen LogP contribution in [0, 0.1) is 0 Å². The SMILES string of the molecule is Cn1c(C(=O)Nc2ccccn2)cc2sccc21. The molecule has 3 heterocycles. The van der Waals surface area contributed by atoms with Crippen LogP contribution in [0.1, 0.15) is 10.5 Å². The molecule has 0 fully saturated rings. The minimum atomic E-state index is -0.139. The van der Waals surface area contributed by atoms with E-state index in [1.165, 1.54) is 0 Å². The lowest BCUT2D eigenvalue weighted by Crippen LogP contribution is -2.16. The average Bonchev–Trinajstić information content (AvgIpc) is 2.94. The molecule has 3 aromatic heterocycles. The van der Waals surface area contributed by atoms with E-state index in [9.17, 15) is 4.79 Å². The Balaban J connectivity index is 1.92. The van der Waals surface area contributed by atoms with Crippen LogP contribution in [0.25, 0.3) is 10.2 Å². The van der Waals surface area contributed by atoms with Crippen LogP contribution in [0.3, 0.4) is 0 Å². The Kier molecular flexibility index (Phi) is 2.60. The second-order valence-electron chi connectivity index (χ2n) is 3.93.